The van der Waals surface area contributed by atoms with Gasteiger partial charge in [-0.25, -0.2) is 10.5 Å². The van der Waals surface area contributed by atoms with E-state index in [1.165, 1.54) is 6.21 Å². The summed E-state index contributed by atoms with van der Waals surface area (Å²) in [6, 6.07) is 6.79. The fraction of sp³-hybridized carbons (Fsp3) is 0.0909. The van der Waals surface area contributed by atoms with Crippen LogP contribution in [0, 0.1) is 0 Å². The van der Waals surface area contributed by atoms with Gasteiger partial charge in [0.2, 0.25) is 17.0 Å². The monoisotopic (exact) mass is 292 g/mol. The summed E-state index contributed by atoms with van der Waals surface area (Å²) in [6.45, 7) is 0. The lowest BCUT2D eigenvalue weighted by atomic mass is 10.2. The van der Waals surface area contributed by atoms with Crippen LogP contribution in [0.15, 0.2) is 34.5 Å². The number of benzene rings is 1. The van der Waals surface area contributed by atoms with Gasteiger partial charge in [0.1, 0.15) is 5.75 Å². The summed E-state index contributed by atoms with van der Waals surface area (Å²) in [5.74, 6) is 0.127. The minimum Gasteiger partial charge on any atom is -0.507 e. The van der Waals surface area contributed by atoms with Crippen LogP contribution in [0.4, 0.5) is 5.95 Å². The van der Waals surface area contributed by atoms with Crippen LogP contribution < -0.4 is 11.2 Å². The predicted octanol–water partition coefficient (Wildman–Crippen LogP) is 0.534. The second-order valence-corrected chi connectivity index (χ2v) is 4.59. The molecule has 0 saturated carbocycles. The van der Waals surface area contributed by atoms with Gasteiger partial charge in [0.25, 0.3) is 0 Å². The van der Waals surface area contributed by atoms with Gasteiger partial charge in [0, 0.05) is 5.56 Å². The molecule has 20 heavy (non-hydrogen) atoms. The number of nitrogens with zero attached hydrogens (tertiary/aromatic N) is 3. The number of para-hydroxylation sites is 1. The van der Waals surface area contributed by atoms with Crippen LogP contribution in [0.2, 0.25) is 0 Å². The van der Waals surface area contributed by atoms with Crippen LogP contribution >= 0.6 is 11.8 Å². The van der Waals surface area contributed by atoms with Crippen molar-refractivity contribution in [3.63, 3.8) is 0 Å². The van der Waals surface area contributed by atoms with Gasteiger partial charge >= 0.3 is 0 Å². The molecule has 0 bridgehead atoms. The number of nitrogens with one attached hydrogen (secondary N) is 2. The number of phenolic OH excluding ortho intramolecular Hbond substituents is 1. The lowest BCUT2D eigenvalue weighted by Gasteiger charge is -1.96. The van der Waals surface area contributed by atoms with Crippen LogP contribution in [0.3, 0.4) is 0 Å². The zero-order valence-electron chi connectivity index (χ0n) is 10.3. The highest BCUT2D eigenvalue weighted by atomic mass is 32.2. The number of aromatic hydroxyl groups is 1. The second kappa shape index (κ2) is 6.57. The van der Waals surface area contributed by atoms with Crippen molar-refractivity contribution in [2.24, 2.45) is 10.8 Å². The topological polar surface area (TPSA) is 129 Å². The molecule has 104 valence electrons. The van der Waals surface area contributed by atoms with Gasteiger partial charge < -0.3 is 10.8 Å². The van der Waals surface area contributed by atoms with Crippen molar-refractivity contribution in [2.75, 3.05) is 11.2 Å². The molecule has 8 nitrogen and oxygen atoms in total. The number of hydrazone groups is 1. The molecule has 1 aromatic carbocycles. The third-order valence-electron chi connectivity index (χ3n) is 2.12. The normalized spacial score (nSPS) is 10.8. The molecule has 0 aliphatic heterocycles. The van der Waals surface area contributed by atoms with E-state index < -0.39 is 5.91 Å². The average Bonchev–Trinajstić information content (AvgIpc) is 2.87. The number of carbonyl (C=O) groups excluding carboxylic acids is 1. The molecule has 2 aromatic rings. The number of rotatable bonds is 6. The Morgan fingerprint density at radius 2 is 2.35 bits per heavy atom. The quantitative estimate of drug-likeness (QED) is 0.349. The summed E-state index contributed by atoms with van der Waals surface area (Å²) in [5, 5.41) is 20.3. The van der Waals surface area contributed by atoms with Gasteiger partial charge in [0.15, 0.2) is 0 Å². The molecule has 0 fully saturated rings. The number of hydrogen-bond donors (Lipinski definition) is 4. The molecule has 0 unspecified atom stereocenters. The average molecular weight is 292 g/mol. The van der Waals surface area contributed by atoms with Crippen molar-refractivity contribution in [3.05, 3.63) is 29.8 Å². The largest absolute Gasteiger partial charge is 0.507 e. The Labute approximate surface area is 118 Å². The van der Waals surface area contributed by atoms with E-state index >= 15 is 0 Å². The predicted molar refractivity (Wildman–Crippen MR) is 75.6 cm³/mol. The van der Waals surface area contributed by atoms with Crippen LogP contribution in [0.5, 0.6) is 5.75 Å². The molecule has 1 aromatic heterocycles. The molecule has 2 rings (SSSR count). The van der Waals surface area contributed by atoms with Gasteiger partial charge in [-0.15, -0.1) is 5.10 Å². The number of phenols is 1. The number of anilines is 1. The van der Waals surface area contributed by atoms with Crippen molar-refractivity contribution >= 4 is 29.8 Å². The molecule has 0 radical (unpaired) electrons. The standard InChI is InChI=1S/C11H12N6O2S/c12-9(19)6-20-11-14-10(16-17-11)15-13-5-7-3-1-2-4-8(7)18/h1-5,18H,6H2,(H2,12,19)(H2,14,15,16,17)/b13-5-. The van der Waals surface area contributed by atoms with Crippen molar-refractivity contribution in [2.45, 2.75) is 5.16 Å². The SMILES string of the molecule is NC(=O)CSc1n[nH]c(N/N=C\c2ccccc2O)n1. The first kappa shape index (κ1) is 13.9. The van der Waals surface area contributed by atoms with Crippen LogP contribution in [-0.2, 0) is 4.79 Å². The molecular weight excluding hydrogens is 280 g/mol. The number of thioether (sulfide) groups is 1. The van der Waals surface area contributed by atoms with Gasteiger partial charge in [-0.2, -0.15) is 10.1 Å². The molecular formula is C11H12N6O2S. The first-order valence-electron chi connectivity index (χ1n) is 5.56. The van der Waals surface area contributed by atoms with Crippen molar-refractivity contribution < 1.29 is 9.90 Å². The smallest absolute Gasteiger partial charge is 0.240 e. The summed E-state index contributed by atoms with van der Waals surface area (Å²) in [4.78, 5) is 14.7. The van der Waals surface area contributed by atoms with E-state index in [1.54, 1.807) is 24.3 Å². The number of H-pyrrole nitrogens is 1. The van der Waals surface area contributed by atoms with Crippen LogP contribution in [0.1, 0.15) is 5.56 Å². The number of aromatic amines is 1. The van der Waals surface area contributed by atoms with Gasteiger partial charge in [-0.3, -0.25) is 4.79 Å². The molecule has 0 spiro atoms. The van der Waals surface area contributed by atoms with Gasteiger partial charge in [-0.05, 0) is 12.1 Å². The fourth-order valence-corrected chi connectivity index (χ4v) is 1.79. The summed E-state index contributed by atoms with van der Waals surface area (Å²) < 4.78 is 0. The summed E-state index contributed by atoms with van der Waals surface area (Å²) in [5.41, 5.74) is 8.22. The van der Waals surface area contributed by atoms with E-state index in [1.807, 2.05) is 0 Å². The summed E-state index contributed by atoms with van der Waals surface area (Å²) in [7, 11) is 0. The van der Waals surface area contributed by atoms with E-state index in [-0.39, 0.29) is 11.5 Å². The zero-order valence-corrected chi connectivity index (χ0v) is 11.1. The minimum atomic E-state index is -0.438. The Bertz CT molecular complexity index is 627. The van der Waals surface area contributed by atoms with Crippen LogP contribution in [0.25, 0.3) is 0 Å². The lowest BCUT2D eigenvalue weighted by Crippen LogP contribution is -2.13. The highest BCUT2D eigenvalue weighted by Crippen LogP contribution is 2.14. The number of nitrogens with two attached hydrogens (primary N) is 1. The maximum absolute atomic E-state index is 10.6. The fourth-order valence-electron chi connectivity index (χ4n) is 1.26. The number of hydrogen-bond acceptors (Lipinski definition) is 7. The second-order valence-electron chi connectivity index (χ2n) is 3.65. The summed E-state index contributed by atoms with van der Waals surface area (Å²) >= 11 is 1.12. The van der Waals surface area contributed by atoms with Crippen molar-refractivity contribution in [1.82, 2.24) is 15.2 Å². The highest BCUT2D eigenvalue weighted by molar-refractivity contribution is 7.99. The maximum Gasteiger partial charge on any atom is 0.240 e. The van der Waals surface area contributed by atoms with Gasteiger partial charge in [0.05, 0.1) is 12.0 Å². The maximum atomic E-state index is 10.6. The highest BCUT2D eigenvalue weighted by Gasteiger charge is 2.04. The van der Waals surface area contributed by atoms with E-state index in [9.17, 15) is 9.90 Å². The minimum absolute atomic E-state index is 0.110. The number of amides is 1. The molecule has 9 heteroatoms. The molecule has 0 aliphatic carbocycles. The zero-order chi connectivity index (χ0) is 14.4. The molecule has 1 heterocycles. The van der Waals surface area contributed by atoms with Crippen LogP contribution in [-0.4, -0.2) is 38.2 Å². The van der Waals surface area contributed by atoms with E-state index in [2.05, 4.69) is 25.7 Å². The number of primary amides is 1. The van der Waals surface area contributed by atoms with Crippen molar-refractivity contribution in [1.29, 1.82) is 0 Å². The summed E-state index contributed by atoms with van der Waals surface area (Å²) in [6.07, 6.45) is 1.45. The Hall–Kier alpha value is -2.55. The van der Waals surface area contributed by atoms with E-state index in [0.717, 1.165) is 11.8 Å². The molecule has 0 atom stereocenters. The Morgan fingerprint density at radius 3 is 3.10 bits per heavy atom. The van der Waals surface area contributed by atoms with E-state index in [0.29, 0.717) is 16.7 Å². The number of carbonyl (C=O) groups is 1. The van der Waals surface area contributed by atoms with Gasteiger partial charge in [-0.1, -0.05) is 23.9 Å². The van der Waals surface area contributed by atoms with Crippen molar-refractivity contribution in [3.8, 4) is 5.75 Å². The molecule has 0 saturated heterocycles. The first-order chi connectivity index (χ1) is 9.65. The molecule has 5 N–H and O–H groups in total. The molecule has 0 aliphatic rings. The lowest BCUT2D eigenvalue weighted by molar-refractivity contribution is -0.115. The molecule has 1 amide bonds. The number of aromatic nitrogens is 3. The first-order valence-corrected chi connectivity index (χ1v) is 6.54. The Kier molecular flexibility index (Phi) is 4.56. The third kappa shape index (κ3) is 3.99. The Morgan fingerprint density at radius 1 is 1.55 bits per heavy atom. The third-order valence-corrected chi connectivity index (χ3v) is 2.99. The van der Waals surface area contributed by atoms with E-state index in [4.69, 9.17) is 5.73 Å². The Balaban J connectivity index is 1.91.